The van der Waals surface area contributed by atoms with E-state index in [2.05, 4.69) is 12.1 Å². The molecule has 0 spiro atoms. The summed E-state index contributed by atoms with van der Waals surface area (Å²) in [4.78, 5) is 0. The molecule has 1 atom stereocenters. The van der Waals surface area contributed by atoms with Gasteiger partial charge in [0.2, 0.25) is 0 Å². The first-order chi connectivity index (χ1) is 9.63. The highest BCUT2D eigenvalue weighted by Gasteiger charge is 2.12. The van der Waals surface area contributed by atoms with Crippen LogP contribution in [0, 0.1) is 6.92 Å². The molecule has 0 fully saturated rings. The first kappa shape index (κ1) is 13.2. The van der Waals surface area contributed by atoms with Crippen LogP contribution in [0.4, 0.5) is 0 Å². The maximum atomic E-state index is 10.5. The zero-order chi connectivity index (χ0) is 14.1. The van der Waals surface area contributed by atoms with Crippen LogP contribution in [0.5, 0.6) is 0 Å². The van der Waals surface area contributed by atoms with Crippen molar-refractivity contribution in [3.05, 3.63) is 82.4 Å². The summed E-state index contributed by atoms with van der Waals surface area (Å²) in [5, 5.41) is 13.5. The van der Waals surface area contributed by atoms with Gasteiger partial charge in [0.05, 0.1) is 0 Å². The third-order valence-electron chi connectivity index (χ3n) is 3.47. The van der Waals surface area contributed by atoms with E-state index in [-0.39, 0.29) is 0 Å². The Morgan fingerprint density at radius 1 is 0.850 bits per heavy atom. The maximum Gasteiger partial charge on any atom is 0.104 e. The van der Waals surface area contributed by atoms with Crippen LogP contribution in [0.2, 0.25) is 5.02 Å². The molecule has 1 nitrogen and oxygen atoms in total. The molecule has 0 amide bonds. The Kier molecular flexibility index (Phi) is 3.47. The minimum atomic E-state index is -0.656. The number of hydrogen-bond acceptors (Lipinski definition) is 1. The standard InChI is InChI=1S/C18H15ClO/c1-12-8-16(11-17(19)9-12)18(20)15-7-6-13-4-2-3-5-14(13)10-15/h2-11,18,20H,1H3. The second-order valence-corrected chi connectivity index (χ2v) is 5.51. The van der Waals surface area contributed by atoms with E-state index in [1.165, 1.54) is 5.39 Å². The number of aryl methyl sites for hydroxylation is 1. The first-order valence-corrected chi connectivity index (χ1v) is 6.95. The smallest absolute Gasteiger partial charge is 0.104 e. The van der Waals surface area contributed by atoms with Crippen molar-refractivity contribution in [1.82, 2.24) is 0 Å². The third kappa shape index (κ3) is 2.55. The number of rotatable bonds is 2. The fourth-order valence-electron chi connectivity index (χ4n) is 2.49. The molecule has 0 saturated heterocycles. The van der Waals surface area contributed by atoms with Crippen LogP contribution in [-0.2, 0) is 0 Å². The normalized spacial score (nSPS) is 12.6. The van der Waals surface area contributed by atoms with Crippen molar-refractivity contribution in [1.29, 1.82) is 0 Å². The van der Waals surface area contributed by atoms with Crippen LogP contribution in [0.1, 0.15) is 22.8 Å². The van der Waals surface area contributed by atoms with Gasteiger partial charge in [-0.05, 0) is 52.6 Å². The maximum absolute atomic E-state index is 10.5. The predicted molar refractivity (Wildman–Crippen MR) is 84.2 cm³/mol. The molecule has 3 rings (SSSR count). The molecule has 0 aliphatic heterocycles. The summed E-state index contributed by atoms with van der Waals surface area (Å²) in [5.41, 5.74) is 2.75. The highest BCUT2D eigenvalue weighted by Crippen LogP contribution is 2.27. The zero-order valence-corrected chi connectivity index (χ0v) is 11.9. The van der Waals surface area contributed by atoms with Crippen LogP contribution in [-0.4, -0.2) is 5.11 Å². The molecule has 3 aromatic carbocycles. The average molecular weight is 283 g/mol. The molecule has 0 radical (unpaired) electrons. The lowest BCUT2D eigenvalue weighted by Gasteiger charge is -2.13. The van der Waals surface area contributed by atoms with Crippen molar-refractivity contribution in [3.63, 3.8) is 0 Å². The number of aliphatic hydroxyl groups excluding tert-OH is 1. The summed E-state index contributed by atoms with van der Waals surface area (Å²) in [7, 11) is 0. The summed E-state index contributed by atoms with van der Waals surface area (Å²) in [6.45, 7) is 1.97. The van der Waals surface area contributed by atoms with Gasteiger partial charge in [-0.1, -0.05) is 54.1 Å². The highest BCUT2D eigenvalue weighted by molar-refractivity contribution is 6.30. The van der Waals surface area contributed by atoms with E-state index in [1.807, 2.05) is 55.5 Å². The topological polar surface area (TPSA) is 20.2 Å². The summed E-state index contributed by atoms with van der Waals surface area (Å²) < 4.78 is 0. The largest absolute Gasteiger partial charge is 0.384 e. The quantitative estimate of drug-likeness (QED) is 0.710. The van der Waals surface area contributed by atoms with Crippen molar-refractivity contribution < 1.29 is 5.11 Å². The van der Waals surface area contributed by atoms with E-state index in [1.54, 1.807) is 0 Å². The molecule has 100 valence electrons. The van der Waals surface area contributed by atoms with Gasteiger partial charge in [0, 0.05) is 5.02 Å². The lowest BCUT2D eigenvalue weighted by molar-refractivity contribution is 0.220. The first-order valence-electron chi connectivity index (χ1n) is 6.57. The minimum Gasteiger partial charge on any atom is -0.384 e. The second-order valence-electron chi connectivity index (χ2n) is 5.07. The molecule has 0 aliphatic carbocycles. The van der Waals surface area contributed by atoms with Gasteiger partial charge in [0.15, 0.2) is 0 Å². The molecule has 1 unspecified atom stereocenters. The van der Waals surface area contributed by atoms with Gasteiger partial charge in [-0.15, -0.1) is 0 Å². The Bertz CT molecular complexity index is 744. The molecular weight excluding hydrogens is 268 g/mol. The summed E-state index contributed by atoms with van der Waals surface area (Å²) in [5.74, 6) is 0. The fraction of sp³-hybridized carbons (Fsp3) is 0.111. The molecule has 0 aliphatic rings. The molecule has 0 aromatic heterocycles. The van der Waals surface area contributed by atoms with Crippen LogP contribution in [0.3, 0.4) is 0 Å². The van der Waals surface area contributed by atoms with Crippen molar-refractivity contribution in [2.24, 2.45) is 0 Å². The summed E-state index contributed by atoms with van der Waals surface area (Å²) >= 11 is 6.07. The molecule has 1 N–H and O–H groups in total. The second kappa shape index (κ2) is 5.28. The Morgan fingerprint density at radius 3 is 2.35 bits per heavy atom. The van der Waals surface area contributed by atoms with E-state index in [0.29, 0.717) is 5.02 Å². The molecule has 2 heteroatoms. The summed E-state index contributed by atoms with van der Waals surface area (Å²) in [6.07, 6.45) is -0.656. The van der Waals surface area contributed by atoms with E-state index < -0.39 is 6.10 Å². The van der Waals surface area contributed by atoms with E-state index in [9.17, 15) is 5.11 Å². The van der Waals surface area contributed by atoms with Gasteiger partial charge in [-0.3, -0.25) is 0 Å². The number of halogens is 1. The van der Waals surface area contributed by atoms with Crippen molar-refractivity contribution in [2.75, 3.05) is 0 Å². The van der Waals surface area contributed by atoms with Gasteiger partial charge >= 0.3 is 0 Å². The SMILES string of the molecule is Cc1cc(Cl)cc(C(O)c2ccc3ccccc3c2)c1. The van der Waals surface area contributed by atoms with Crippen LogP contribution >= 0.6 is 11.6 Å². The Labute approximate surface area is 123 Å². The van der Waals surface area contributed by atoms with Gasteiger partial charge in [0.25, 0.3) is 0 Å². The molecule has 0 bridgehead atoms. The highest BCUT2D eigenvalue weighted by atomic mass is 35.5. The van der Waals surface area contributed by atoms with Crippen LogP contribution in [0.15, 0.2) is 60.7 Å². The average Bonchev–Trinajstić information content (AvgIpc) is 2.45. The van der Waals surface area contributed by atoms with Crippen molar-refractivity contribution in [2.45, 2.75) is 13.0 Å². The van der Waals surface area contributed by atoms with E-state index >= 15 is 0 Å². The Hall–Kier alpha value is -1.83. The summed E-state index contributed by atoms with van der Waals surface area (Å²) in [6, 6.07) is 19.8. The zero-order valence-electron chi connectivity index (χ0n) is 11.2. The minimum absolute atomic E-state index is 0.653. The van der Waals surface area contributed by atoms with Gasteiger partial charge in [-0.2, -0.15) is 0 Å². The lowest BCUT2D eigenvalue weighted by atomic mass is 9.97. The lowest BCUT2D eigenvalue weighted by Crippen LogP contribution is -2.00. The van der Waals surface area contributed by atoms with E-state index in [4.69, 9.17) is 11.6 Å². The van der Waals surface area contributed by atoms with Crippen LogP contribution in [0.25, 0.3) is 10.8 Å². The van der Waals surface area contributed by atoms with Crippen molar-refractivity contribution in [3.8, 4) is 0 Å². The van der Waals surface area contributed by atoms with Gasteiger partial charge in [-0.25, -0.2) is 0 Å². The number of hydrogen-bond donors (Lipinski definition) is 1. The van der Waals surface area contributed by atoms with Gasteiger partial charge in [0.1, 0.15) is 6.10 Å². The molecule has 3 aromatic rings. The monoisotopic (exact) mass is 282 g/mol. The fourth-order valence-corrected chi connectivity index (χ4v) is 2.79. The molecule has 20 heavy (non-hydrogen) atoms. The third-order valence-corrected chi connectivity index (χ3v) is 3.69. The molecule has 0 saturated carbocycles. The van der Waals surface area contributed by atoms with Crippen LogP contribution < -0.4 is 0 Å². The number of benzene rings is 3. The van der Waals surface area contributed by atoms with E-state index in [0.717, 1.165) is 22.1 Å². The predicted octanol–water partition coefficient (Wildman–Crippen LogP) is 4.88. The van der Waals surface area contributed by atoms with Crippen molar-refractivity contribution >= 4 is 22.4 Å². The number of fused-ring (bicyclic) bond motifs is 1. The Morgan fingerprint density at radius 2 is 1.60 bits per heavy atom. The van der Waals surface area contributed by atoms with Gasteiger partial charge < -0.3 is 5.11 Å². The Balaban J connectivity index is 2.05. The molecule has 0 heterocycles. The molecular formula is C18H15ClO. The number of aliphatic hydroxyl groups is 1.